The zero-order chi connectivity index (χ0) is 15.7. The molecule has 1 saturated carbocycles. The number of nitrogens with zero attached hydrogens (tertiary/aromatic N) is 2. The zero-order valence-electron chi connectivity index (χ0n) is 13.7. The van der Waals surface area contributed by atoms with Gasteiger partial charge in [0.15, 0.2) is 0 Å². The molecule has 0 radical (unpaired) electrons. The van der Waals surface area contributed by atoms with Crippen LogP contribution in [-0.4, -0.2) is 52.4 Å². The maximum absolute atomic E-state index is 12.9. The van der Waals surface area contributed by atoms with Gasteiger partial charge in [-0.05, 0) is 33.1 Å². The molecule has 0 atom stereocenters. The van der Waals surface area contributed by atoms with Crippen molar-refractivity contribution in [1.29, 1.82) is 0 Å². The molecule has 0 bridgehead atoms. The summed E-state index contributed by atoms with van der Waals surface area (Å²) in [7, 11) is 0. The van der Waals surface area contributed by atoms with Gasteiger partial charge in [0.2, 0.25) is 5.91 Å². The van der Waals surface area contributed by atoms with Crippen LogP contribution in [0, 0.1) is 5.41 Å². The second kappa shape index (κ2) is 6.21. The average molecular weight is 311 g/mol. The van der Waals surface area contributed by atoms with Gasteiger partial charge in [0.25, 0.3) is 0 Å². The molecule has 0 aromatic rings. The van der Waals surface area contributed by atoms with Gasteiger partial charge in [0, 0.05) is 31.6 Å². The van der Waals surface area contributed by atoms with Gasteiger partial charge in [-0.2, -0.15) is 0 Å². The Bertz CT molecular complexity index is 408. The van der Waals surface area contributed by atoms with E-state index in [1.165, 1.54) is 12.8 Å². The molecule has 0 aromatic heterocycles. The Balaban J connectivity index is 1.98. The van der Waals surface area contributed by atoms with Crippen molar-refractivity contribution in [3.63, 3.8) is 0 Å². The highest BCUT2D eigenvalue weighted by Crippen LogP contribution is 2.42. The van der Waals surface area contributed by atoms with Gasteiger partial charge in [-0.25, -0.2) is 0 Å². The highest BCUT2D eigenvalue weighted by molar-refractivity contribution is 7.80. The van der Waals surface area contributed by atoms with Gasteiger partial charge < -0.3 is 10.6 Å². The fraction of sp³-hybridized carbons (Fsp3) is 0.875. The Morgan fingerprint density at radius 2 is 1.71 bits per heavy atom. The first-order valence-corrected chi connectivity index (χ1v) is 8.59. The summed E-state index contributed by atoms with van der Waals surface area (Å²) >= 11 is 5.17. The first-order chi connectivity index (χ1) is 9.83. The van der Waals surface area contributed by atoms with Crippen LogP contribution in [0.1, 0.15) is 52.9 Å². The zero-order valence-corrected chi connectivity index (χ0v) is 14.5. The largest absolute Gasteiger partial charge is 0.392 e. The Labute approximate surface area is 134 Å². The van der Waals surface area contributed by atoms with Crippen molar-refractivity contribution < 1.29 is 4.79 Å². The van der Waals surface area contributed by atoms with Crippen molar-refractivity contribution in [2.45, 2.75) is 58.4 Å². The number of thiocarbonyl (C=S) groups is 1. The van der Waals surface area contributed by atoms with Gasteiger partial charge >= 0.3 is 0 Å². The normalized spacial score (nSPS) is 23.3. The van der Waals surface area contributed by atoms with Gasteiger partial charge in [0.05, 0.1) is 10.5 Å². The van der Waals surface area contributed by atoms with Gasteiger partial charge in [0.1, 0.15) is 0 Å². The number of amides is 1. The lowest BCUT2D eigenvalue weighted by Crippen LogP contribution is -2.61. The van der Waals surface area contributed by atoms with Gasteiger partial charge in [-0.3, -0.25) is 9.69 Å². The molecule has 4 nitrogen and oxygen atoms in total. The van der Waals surface area contributed by atoms with E-state index in [0.717, 1.165) is 45.4 Å². The van der Waals surface area contributed by atoms with Crippen molar-refractivity contribution >= 4 is 23.1 Å². The minimum absolute atomic E-state index is 0.0686. The fourth-order valence-corrected chi connectivity index (χ4v) is 3.86. The summed E-state index contributed by atoms with van der Waals surface area (Å²) < 4.78 is 0. The minimum atomic E-state index is -0.264. The van der Waals surface area contributed by atoms with Gasteiger partial charge in [-0.1, -0.05) is 32.0 Å². The van der Waals surface area contributed by atoms with Crippen LogP contribution < -0.4 is 5.73 Å². The van der Waals surface area contributed by atoms with Crippen LogP contribution in [-0.2, 0) is 4.79 Å². The molecule has 1 amide bonds. The van der Waals surface area contributed by atoms with E-state index in [2.05, 4.69) is 30.6 Å². The standard InChI is InChI=1S/C16H29N3OS/c1-4-16(7-5-6-8-16)14(20)18-9-11-19(12-10-18)15(2,3)13(17)21/h4-12H2,1-3H3,(H2,17,21). The smallest absolute Gasteiger partial charge is 0.228 e. The molecule has 0 aromatic carbocycles. The summed E-state index contributed by atoms with van der Waals surface area (Å²) in [5.41, 5.74) is 5.51. The van der Waals surface area contributed by atoms with E-state index >= 15 is 0 Å². The second-order valence-electron chi connectivity index (χ2n) is 7.04. The SMILES string of the molecule is CCC1(C(=O)N2CCN(C(C)(C)C(N)=S)CC2)CCCC1. The van der Waals surface area contributed by atoms with Crippen LogP contribution in [0.4, 0.5) is 0 Å². The van der Waals surface area contributed by atoms with Crippen LogP contribution in [0.15, 0.2) is 0 Å². The number of rotatable bonds is 4. The maximum atomic E-state index is 12.9. The molecule has 2 aliphatic rings. The summed E-state index contributed by atoms with van der Waals surface area (Å²) in [5.74, 6) is 0.385. The van der Waals surface area contributed by atoms with Crippen molar-refractivity contribution in [3.8, 4) is 0 Å². The molecule has 120 valence electrons. The third kappa shape index (κ3) is 3.09. The van der Waals surface area contributed by atoms with Crippen molar-refractivity contribution in [1.82, 2.24) is 9.80 Å². The summed E-state index contributed by atoms with van der Waals surface area (Å²) in [6.07, 6.45) is 5.52. The molecule has 21 heavy (non-hydrogen) atoms. The van der Waals surface area contributed by atoms with E-state index in [9.17, 15) is 4.79 Å². The summed E-state index contributed by atoms with van der Waals surface area (Å²) in [4.78, 5) is 17.8. The number of nitrogens with two attached hydrogens (primary N) is 1. The van der Waals surface area contributed by atoms with Crippen LogP contribution in [0.2, 0.25) is 0 Å². The molecule has 1 saturated heterocycles. The number of carbonyl (C=O) groups excluding carboxylic acids is 1. The average Bonchev–Trinajstić information content (AvgIpc) is 2.96. The predicted molar refractivity (Wildman–Crippen MR) is 90.2 cm³/mol. The van der Waals surface area contributed by atoms with Crippen LogP contribution in [0.5, 0.6) is 0 Å². The van der Waals surface area contributed by atoms with Crippen LogP contribution >= 0.6 is 12.2 Å². The highest BCUT2D eigenvalue weighted by atomic mass is 32.1. The van der Waals surface area contributed by atoms with E-state index in [1.54, 1.807) is 0 Å². The summed E-state index contributed by atoms with van der Waals surface area (Å²) in [6, 6.07) is 0. The fourth-order valence-electron chi connectivity index (χ4n) is 3.73. The van der Waals surface area contributed by atoms with E-state index in [-0.39, 0.29) is 11.0 Å². The summed E-state index contributed by atoms with van der Waals surface area (Å²) in [6.45, 7) is 9.61. The number of carbonyl (C=O) groups is 1. The molecule has 0 unspecified atom stereocenters. The minimum Gasteiger partial charge on any atom is -0.392 e. The van der Waals surface area contributed by atoms with E-state index in [1.807, 2.05) is 0 Å². The monoisotopic (exact) mass is 311 g/mol. The molecule has 2 fully saturated rings. The van der Waals surface area contributed by atoms with Crippen molar-refractivity contribution in [3.05, 3.63) is 0 Å². The van der Waals surface area contributed by atoms with E-state index in [4.69, 9.17) is 18.0 Å². The predicted octanol–water partition coefficient (Wildman–Crippen LogP) is 2.17. The highest BCUT2D eigenvalue weighted by Gasteiger charge is 2.43. The van der Waals surface area contributed by atoms with Crippen molar-refractivity contribution in [2.75, 3.05) is 26.2 Å². The molecular weight excluding hydrogens is 282 g/mol. The maximum Gasteiger partial charge on any atom is 0.228 e. The van der Waals surface area contributed by atoms with E-state index < -0.39 is 0 Å². The number of hydrogen-bond acceptors (Lipinski definition) is 3. The molecule has 5 heteroatoms. The molecule has 0 spiro atoms. The number of hydrogen-bond donors (Lipinski definition) is 1. The Morgan fingerprint density at radius 3 is 2.14 bits per heavy atom. The van der Waals surface area contributed by atoms with Crippen LogP contribution in [0.3, 0.4) is 0 Å². The topological polar surface area (TPSA) is 49.6 Å². The molecule has 2 N–H and O–H groups in total. The van der Waals surface area contributed by atoms with E-state index in [0.29, 0.717) is 10.9 Å². The lowest BCUT2D eigenvalue weighted by molar-refractivity contribution is -0.144. The molecule has 1 aliphatic heterocycles. The number of piperazine rings is 1. The Hall–Kier alpha value is -0.680. The second-order valence-corrected chi connectivity index (χ2v) is 7.48. The first-order valence-electron chi connectivity index (χ1n) is 8.18. The lowest BCUT2D eigenvalue weighted by atomic mass is 9.81. The molecular formula is C16H29N3OS. The van der Waals surface area contributed by atoms with Crippen molar-refractivity contribution in [2.24, 2.45) is 11.1 Å². The lowest BCUT2D eigenvalue weighted by Gasteiger charge is -2.45. The Morgan fingerprint density at radius 1 is 1.19 bits per heavy atom. The van der Waals surface area contributed by atoms with Crippen LogP contribution in [0.25, 0.3) is 0 Å². The molecule has 1 aliphatic carbocycles. The molecule has 2 rings (SSSR count). The first kappa shape index (κ1) is 16.7. The third-order valence-corrected chi connectivity index (χ3v) is 6.15. The summed E-state index contributed by atoms with van der Waals surface area (Å²) in [5, 5.41) is 0. The molecule has 1 heterocycles. The third-order valence-electron chi connectivity index (χ3n) is 5.65. The quantitative estimate of drug-likeness (QED) is 0.808. The van der Waals surface area contributed by atoms with Gasteiger partial charge in [-0.15, -0.1) is 0 Å². The Kier molecular flexibility index (Phi) is 4.93.